The Morgan fingerprint density at radius 3 is 1.02 bits per heavy atom. The van der Waals surface area contributed by atoms with Gasteiger partial charge in [0.1, 0.15) is 0 Å². The number of rotatable bonds is 10. The smallest absolute Gasteiger partial charge is 0.0713 e. The van der Waals surface area contributed by atoms with Crippen molar-refractivity contribution >= 4 is 99.3 Å². The van der Waals surface area contributed by atoms with Crippen molar-refractivity contribution < 1.29 is 0 Å². The molecule has 0 saturated carbocycles. The molecule has 0 saturated heterocycles. The van der Waals surface area contributed by atoms with E-state index in [9.17, 15) is 0 Å². The summed E-state index contributed by atoms with van der Waals surface area (Å²) in [5, 5.41) is 9.61. The molecule has 16 aromatic rings. The molecule has 0 unspecified atom stereocenters. The van der Waals surface area contributed by atoms with E-state index in [1.54, 1.807) is 0 Å². The first kappa shape index (κ1) is 48.5. The molecule has 4 heteroatoms. The number of anilines is 6. The van der Waals surface area contributed by atoms with E-state index in [1.165, 1.54) is 98.5 Å². The number of aromatic nitrogens is 2. The fourth-order valence-electron chi connectivity index (χ4n) is 14.3. The predicted octanol–water partition coefficient (Wildman–Crippen LogP) is 21.5. The van der Waals surface area contributed by atoms with Gasteiger partial charge in [0.05, 0.1) is 38.9 Å². The summed E-state index contributed by atoms with van der Waals surface area (Å²) in [4.78, 5) is 4.91. The average molecular weight is 1080 g/mol. The van der Waals surface area contributed by atoms with Crippen LogP contribution < -0.4 is 9.80 Å². The van der Waals surface area contributed by atoms with Crippen LogP contribution in [0.3, 0.4) is 0 Å². The number of hydrogen-bond donors (Lipinski definition) is 0. The minimum absolute atomic E-state index is 0.644. The molecule has 1 aliphatic carbocycles. The van der Waals surface area contributed by atoms with E-state index in [0.29, 0.717) is 0 Å². The summed E-state index contributed by atoms with van der Waals surface area (Å²) in [6.07, 6.45) is 0. The quantitative estimate of drug-likeness (QED) is 0.136. The van der Waals surface area contributed by atoms with Crippen molar-refractivity contribution in [1.29, 1.82) is 0 Å². The Hall–Kier alpha value is -11.2. The Bertz CT molecular complexity index is 4910. The van der Waals surface area contributed by atoms with E-state index >= 15 is 0 Å². The number of hydrogen-bond acceptors (Lipinski definition) is 2. The summed E-state index contributed by atoms with van der Waals surface area (Å²) in [5.74, 6) is 0. The normalized spacial score (nSPS) is 12.6. The lowest BCUT2D eigenvalue weighted by molar-refractivity contribution is 0.768. The maximum atomic E-state index is 2.46. The second-order valence-corrected chi connectivity index (χ2v) is 22.4. The van der Waals surface area contributed by atoms with Gasteiger partial charge in [-0.05, 0) is 153 Å². The molecule has 398 valence electrons. The lowest BCUT2D eigenvalue weighted by atomic mass is 9.67. The molecule has 0 bridgehead atoms. The highest BCUT2D eigenvalue weighted by Crippen LogP contribution is 2.57. The SMILES string of the molecule is c1ccc(-n2c3ccccc3c3cc(N(c4ccc(C5(c6ccc(N(c7ccc8c(c7)c7ccccc7n8-c7ccccc7)c7cccc8ccccc78)cc6)c6ccccc6-c6ccccc65)cc4)c4cccc5ccccc45)ccc32)cc1. The first-order valence-electron chi connectivity index (χ1n) is 29.3. The van der Waals surface area contributed by atoms with Crippen molar-refractivity contribution in [2.75, 3.05) is 9.80 Å². The second-order valence-electron chi connectivity index (χ2n) is 22.4. The maximum absolute atomic E-state index is 2.46. The van der Waals surface area contributed by atoms with E-state index in [0.717, 1.165) is 45.5 Å². The molecule has 0 spiro atoms. The summed E-state index contributed by atoms with van der Waals surface area (Å²) in [6, 6.07) is 121. The number of fused-ring (bicyclic) bond motifs is 11. The number of nitrogens with zero attached hydrogens (tertiary/aromatic N) is 4. The third-order valence-electron chi connectivity index (χ3n) is 17.9. The molecule has 2 aromatic heterocycles. The van der Waals surface area contributed by atoms with E-state index < -0.39 is 5.41 Å². The predicted molar refractivity (Wildman–Crippen MR) is 357 cm³/mol. The van der Waals surface area contributed by atoms with Crippen molar-refractivity contribution in [3.05, 3.63) is 350 Å². The van der Waals surface area contributed by atoms with Crippen LogP contribution in [0.4, 0.5) is 34.1 Å². The first-order valence-corrected chi connectivity index (χ1v) is 29.3. The molecule has 17 rings (SSSR count). The van der Waals surface area contributed by atoms with Gasteiger partial charge < -0.3 is 18.9 Å². The van der Waals surface area contributed by atoms with Crippen molar-refractivity contribution in [3.63, 3.8) is 0 Å². The lowest BCUT2D eigenvalue weighted by Crippen LogP contribution is -2.28. The van der Waals surface area contributed by atoms with Gasteiger partial charge in [0, 0.05) is 66.4 Å². The molecule has 0 N–H and O–H groups in total. The molecule has 85 heavy (non-hydrogen) atoms. The van der Waals surface area contributed by atoms with E-state index in [-0.39, 0.29) is 0 Å². The molecular weight excluding hydrogens is 1030 g/mol. The van der Waals surface area contributed by atoms with Crippen LogP contribution in [-0.4, -0.2) is 9.13 Å². The Labute approximate surface area is 493 Å². The van der Waals surface area contributed by atoms with Gasteiger partial charge in [0.25, 0.3) is 0 Å². The number of benzene rings is 14. The van der Waals surface area contributed by atoms with Gasteiger partial charge in [-0.15, -0.1) is 0 Å². The van der Waals surface area contributed by atoms with E-state index in [2.05, 4.69) is 347 Å². The van der Waals surface area contributed by atoms with Crippen LogP contribution >= 0.6 is 0 Å². The van der Waals surface area contributed by atoms with Gasteiger partial charge >= 0.3 is 0 Å². The van der Waals surface area contributed by atoms with Gasteiger partial charge in [0.2, 0.25) is 0 Å². The van der Waals surface area contributed by atoms with Crippen LogP contribution in [0.1, 0.15) is 22.3 Å². The van der Waals surface area contributed by atoms with Crippen LogP contribution in [0.2, 0.25) is 0 Å². The Kier molecular flexibility index (Phi) is 11.1. The minimum Gasteiger partial charge on any atom is -0.310 e. The molecule has 0 amide bonds. The zero-order valence-electron chi connectivity index (χ0n) is 46.5. The zero-order chi connectivity index (χ0) is 56.0. The Balaban J connectivity index is 0.843. The van der Waals surface area contributed by atoms with Gasteiger partial charge in [-0.2, -0.15) is 0 Å². The highest BCUT2D eigenvalue weighted by Gasteiger charge is 2.46. The summed E-state index contributed by atoms with van der Waals surface area (Å²) >= 11 is 0. The first-order chi connectivity index (χ1) is 42.2. The topological polar surface area (TPSA) is 16.3 Å². The Morgan fingerprint density at radius 1 is 0.235 bits per heavy atom. The number of para-hydroxylation sites is 4. The van der Waals surface area contributed by atoms with Crippen molar-refractivity contribution in [3.8, 4) is 22.5 Å². The van der Waals surface area contributed by atoms with Crippen molar-refractivity contribution in [2.24, 2.45) is 0 Å². The summed E-state index contributed by atoms with van der Waals surface area (Å²) < 4.78 is 4.78. The van der Waals surface area contributed by atoms with Gasteiger partial charge in [-0.3, -0.25) is 0 Å². The van der Waals surface area contributed by atoms with Crippen LogP contribution in [0, 0.1) is 0 Å². The van der Waals surface area contributed by atoms with Gasteiger partial charge in [-0.25, -0.2) is 0 Å². The Morgan fingerprint density at radius 2 is 0.576 bits per heavy atom. The molecular formula is C81H54N4. The maximum Gasteiger partial charge on any atom is 0.0713 e. The fraction of sp³-hybridized carbons (Fsp3) is 0.0123. The van der Waals surface area contributed by atoms with Crippen LogP contribution in [-0.2, 0) is 5.41 Å². The van der Waals surface area contributed by atoms with Crippen LogP contribution in [0.5, 0.6) is 0 Å². The zero-order valence-corrected chi connectivity index (χ0v) is 46.5. The summed E-state index contributed by atoms with van der Waals surface area (Å²) in [5.41, 5.74) is 20.4. The monoisotopic (exact) mass is 1080 g/mol. The molecule has 1 aliphatic rings. The highest BCUT2D eigenvalue weighted by atomic mass is 15.2. The molecule has 0 radical (unpaired) electrons. The van der Waals surface area contributed by atoms with Crippen molar-refractivity contribution in [2.45, 2.75) is 5.41 Å². The highest BCUT2D eigenvalue weighted by molar-refractivity contribution is 6.13. The molecule has 0 aliphatic heterocycles. The van der Waals surface area contributed by atoms with Crippen LogP contribution in [0.25, 0.3) is 87.7 Å². The fourth-order valence-corrected chi connectivity index (χ4v) is 14.3. The third kappa shape index (κ3) is 7.49. The standard InChI is InChI=1S/C81H54N4/c1-3-25-59(26-4-1)84-77-37-17-13-33-69(77)71-53-63(49-51-79(71)84)82(75-39-19-23-55-21-7-9-29-65(55)75)61-45-41-57(42-46-61)81(73-35-15-11-31-67(73)68-32-12-16-36-74(68)81)58-43-47-62(48-44-58)83(76-40-20-24-56-22-8-10-30-66(56)76)64-50-52-80-72(54-64)70-34-14-18-38-78(70)85(80)60-27-5-2-6-28-60/h1-54H. The van der Waals surface area contributed by atoms with E-state index in [1.807, 2.05) is 0 Å². The average Bonchev–Trinajstić information content (AvgIpc) is 1.75. The largest absolute Gasteiger partial charge is 0.310 e. The lowest BCUT2D eigenvalue weighted by Gasteiger charge is -2.35. The van der Waals surface area contributed by atoms with Crippen molar-refractivity contribution in [1.82, 2.24) is 9.13 Å². The molecule has 0 atom stereocenters. The second kappa shape index (κ2) is 19.5. The summed E-state index contributed by atoms with van der Waals surface area (Å²) in [7, 11) is 0. The molecule has 4 nitrogen and oxygen atoms in total. The molecule has 2 heterocycles. The van der Waals surface area contributed by atoms with Crippen LogP contribution in [0.15, 0.2) is 328 Å². The minimum atomic E-state index is -0.644. The summed E-state index contributed by atoms with van der Waals surface area (Å²) in [6.45, 7) is 0. The third-order valence-corrected chi connectivity index (χ3v) is 17.9. The van der Waals surface area contributed by atoms with Gasteiger partial charge in [-0.1, -0.05) is 218 Å². The molecule has 14 aromatic carbocycles. The molecule has 0 fully saturated rings. The van der Waals surface area contributed by atoms with E-state index in [4.69, 9.17) is 0 Å². The van der Waals surface area contributed by atoms with Gasteiger partial charge in [0.15, 0.2) is 0 Å².